The van der Waals surface area contributed by atoms with Crippen LogP contribution in [0.3, 0.4) is 0 Å². The number of amides is 2. The van der Waals surface area contributed by atoms with Gasteiger partial charge in [0, 0.05) is 17.3 Å². The lowest BCUT2D eigenvalue weighted by Gasteiger charge is -2.11. The third-order valence-corrected chi connectivity index (χ3v) is 3.06. The van der Waals surface area contributed by atoms with E-state index in [1.165, 1.54) is 0 Å². The lowest BCUT2D eigenvalue weighted by molar-refractivity contribution is 0.194. The maximum Gasteiger partial charge on any atom is 0.319 e. The predicted octanol–water partition coefficient (Wildman–Crippen LogP) is 3.33. The minimum absolute atomic E-state index is 0.0895. The molecule has 2 rings (SSSR count). The summed E-state index contributed by atoms with van der Waals surface area (Å²) in [4.78, 5) is 16.1. The summed E-state index contributed by atoms with van der Waals surface area (Å²) in [5.41, 5.74) is 3.07. The maximum absolute atomic E-state index is 11.6. The number of anilines is 1. The molecule has 0 unspecified atom stereocenters. The number of urea groups is 1. The minimum atomic E-state index is -0.597. The fourth-order valence-corrected chi connectivity index (χ4v) is 2.00. The monoisotopic (exact) mass is 299 g/mol. The van der Waals surface area contributed by atoms with Crippen molar-refractivity contribution in [1.29, 1.82) is 0 Å². The molecule has 1 aromatic carbocycles. The van der Waals surface area contributed by atoms with E-state index in [9.17, 15) is 9.90 Å². The molecule has 0 aliphatic carbocycles. The Morgan fingerprint density at radius 2 is 1.77 bits per heavy atom. The van der Waals surface area contributed by atoms with Crippen molar-refractivity contribution in [3.8, 4) is 11.3 Å². The van der Waals surface area contributed by atoms with E-state index in [4.69, 9.17) is 0 Å². The van der Waals surface area contributed by atoms with Gasteiger partial charge in [-0.3, -0.25) is 4.98 Å². The zero-order valence-corrected chi connectivity index (χ0v) is 13.0. The number of rotatable bonds is 4. The molecular weight excluding hydrogens is 278 g/mol. The van der Waals surface area contributed by atoms with Gasteiger partial charge in [-0.1, -0.05) is 18.2 Å². The molecule has 116 valence electrons. The van der Waals surface area contributed by atoms with Crippen LogP contribution in [0.4, 0.5) is 10.5 Å². The van der Waals surface area contributed by atoms with Gasteiger partial charge in [0.2, 0.25) is 0 Å². The Morgan fingerprint density at radius 1 is 1.09 bits per heavy atom. The maximum atomic E-state index is 11.6. The summed E-state index contributed by atoms with van der Waals surface area (Å²) in [6, 6.07) is 12.8. The largest absolute Gasteiger partial charge is 0.387 e. The molecule has 0 spiro atoms. The zero-order valence-electron chi connectivity index (χ0n) is 13.0. The molecule has 1 aromatic heterocycles. The van der Waals surface area contributed by atoms with Crippen LogP contribution in [0, 0.1) is 0 Å². The molecule has 3 N–H and O–H groups in total. The minimum Gasteiger partial charge on any atom is -0.387 e. The molecule has 0 aliphatic heterocycles. The van der Waals surface area contributed by atoms with Gasteiger partial charge in [-0.15, -0.1) is 0 Å². The number of aliphatic hydroxyl groups excluding tert-OH is 1. The molecule has 2 amide bonds. The number of pyridine rings is 1. The summed E-state index contributed by atoms with van der Waals surface area (Å²) < 4.78 is 0. The Balaban J connectivity index is 2.12. The smallest absolute Gasteiger partial charge is 0.319 e. The SMILES string of the molecule is CC(C)NC(=O)Nc1ccc(-c2cccc([C@@H](C)O)n2)cc1. The molecule has 0 aliphatic rings. The van der Waals surface area contributed by atoms with E-state index in [-0.39, 0.29) is 12.1 Å². The van der Waals surface area contributed by atoms with Crippen LogP contribution in [-0.4, -0.2) is 22.2 Å². The zero-order chi connectivity index (χ0) is 16.1. The summed E-state index contributed by atoms with van der Waals surface area (Å²) in [5, 5.41) is 15.1. The number of nitrogens with one attached hydrogen (secondary N) is 2. The lowest BCUT2D eigenvalue weighted by atomic mass is 10.1. The van der Waals surface area contributed by atoms with Gasteiger partial charge in [0.15, 0.2) is 0 Å². The number of aromatic nitrogens is 1. The van der Waals surface area contributed by atoms with Gasteiger partial charge in [-0.25, -0.2) is 4.79 Å². The van der Waals surface area contributed by atoms with Crippen molar-refractivity contribution in [3.05, 3.63) is 48.2 Å². The molecular formula is C17H21N3O2. The van der Waals surface area contributed by atoms with Crippen LogP contribution < -0.4 is 10.6 Å². The first kappa shape index (κ1) is 16.0. The molecule has 2 aromatic rings. The van der Waals surface area contributed by atoms with E-state index in [0.717, 1.165) is 11.3 Å². The average Bonchev–Trinajstić information content (AvgIpc) is 2.47. The van der Waals surface area contributed by atoms with E-state index < -0.39 is 6.10 Å². The molecule has 0 saturated carbocycles. The van der Waals surface area contributed by atoms with Crippen LogP contribution >= 0.6 is 0 Å². The van der Waals surface area contributed by atoms with Gasteiger partial charge < -0.3 is 15.7 Å². The second-order valence-corrected chi connectivity index (χ2v) is 5.45. The number of hydrogen-bond acceptors (Lipinski definition) is 3. The van der Waals surface area contributed by atoms with Crippen LogP contribution in [-0.2, 0) is 0 Å². The second kappa shape index (κ2) is 7.04. The highest BCUT2D eigenvalue weighted by atomic mass is 16.3. The number of benzene rings is 1. The average molecular weight is 299 g/mol. The lowest BCUT2D eigenvalue weighted by Crippen LogP contribution is -2.34. The van der Waals surface area contributed by atoms with E-state index in [1.54, 1.807) is 13.0 Å². The fourth-order valence-electron chi connectivity index (χ4n) is 2.00. The summed E-state index contributed by atoms with van der Waals surface area (Å²) >= 11 is 0. The van der Waals surface area contributed by atoms with Crippen molar-refractivity contribution >= 4 is 11.7 Å². The number of carbonyl (C=O) groups excluding carboxylic acids is 1. The van der Waals surface area contributed by atoms with Crippen molar-refractivity contribution in [2.75, 3.05) is 5.32 Å². The van der Waals surface area contributed by atoms with Crippen molar-refractivity contribution in [2.24, 2.45) is 0 Å². The van der Waals surface area contributed by atoms with Gasteiger partial charge in [0.05, 0.1) is 17.5 Å². The van der Waals surface area contributed by atoms with Crippen LogP contribution in [0.2, 0.25) is 0 Å². The normalized spacial score (nSPS) is 12.0. The molecule has 1 heterocycles. The highest BCUT2D eigenvalue weighted by molar-refractivity contribution is 5.89. The highest BCUT2D eigenvalue weighted by Crippen LogP contribution is 2.21. The topological polar surface area (TPSA) is 74.2 Å². The highest BCUT2D eigenvalue weighted by Gasteiger charge is 2.06. The number of carbonyl (C=O) groups is 1. The molecule has 0 saturated heterocycles. The summed E-state index contributed by atoms with van der Waals surface area (Å²) in [7, 11) is 0. The molecule has 5 heteroatoms. The molecule has 0 radical (unpaired) electrons. The van der Waals surface area contributed by atoms with Gasteiger partial charge >= 0.3 is 6.03 Å². The first-order valence-electron chi connectivity index (χ1n) is 7.28. The first-order chi connectivity index (χ1) is 10.5. The third-order valence-electron chi connectivity index (χ3n) is 3.06. The Hall–Kier alpha value is -2.40. The molecule has 1 atom stereocenters. The van der Waals surface area contributed by atoms with Crippen molar-refractivity contribution < 1.29 is 9.90 Å². The van der Waals surface area contributed by atoms with Crippen molar-refractivity contribution in [3.63, 3.8) is 0 Å². The standard InChI is InChI=1S/C17H21N3O2/c1-11(2)18-17(22)19-14-9-7-13(8-10-14)16-6-4-5-15(20-16)12(3)21/h4-12,21H,1-3H3,(H2,18,19,22)/t12-/m1/s1. The van der Waals surface area contributed by atoms with Gasteiger partial charge in [-0.05, 0) is 45.0 Å². The second-order valence-electron chi connectivity index (χ2n) is 5.45. The van der Waals surface area contributed by atoms with Gasteiger partial charge in [0.1, 0.15) is 0 Å². The molecule has 0 fully saturated rings. The van der Waals surface area contributed by atoms with Crippen LogP contribution in [0.5, 0.6) is 0 Å². The quantitative estimate of drug-likeness (QED) is 0.810. The fraction of sp³-hybridized carbons (Fsp3) is 0.294. The Kier molecular flexibility index (Phi) is 5.12. The first-order valence-corrected chi connectivity index (χ1v) is 7.28. The third kappa shape index (κ3) is 4.30. The van der Waals surface area contributed by atoms with E-state index in [0.29, 0.717) is 11.4 Å². The van der Waals surface area contributed by atoms with E-state index >= 15 is 0 Å². The number of hydrogen-bond donors (Lipinski definition) is 3. The molecule has 22 heavy (non-hydrogen) atoms. The summed E-state index contributed by atoms with van der Waals surface area (Å²) in [5.74, 6) is 0. The van der Waals surface area contributed by atoms with Crippen molar-refractivity contribution in [1.82, 2.24) is 10.3 Å². The van der Waals surface area contributed by atoms with E-state index in [2.05, 4.69) is 15.6 Å². The van der Waals surface area contributed by atoms with Crippen LogP contribution in [0.15, 0.2) is 42.5 Å². The summed E-state index contributed by atoms with van der Waals surface area (Å²) in [6.07, 6.45) is -0.597. The predicted molar refractivity (Wildman–Crippen MR) is 87.6 cm³/mol. The number of aliphatic hydroxyl groups is 1. The molecule has 5 nitrogen and oxygen atoms in total. The van der Waals surface area contributed by atoms with Gasteiger partial charge in [-0.2, -0.15) is 0 Å². The number of nitrogens with zero attached hydrogens (tertiary/aromatic N) is 1. The van der Waals surface area contributed by atoms with Crippen LogP contribution in [0.1, 0.15) is 32.6 Å². The Labute approximate surface area is 130 Å². The Bertz CT molecular complexity index is 637. The van der Waals surface area contributed by atoms with Crippen LogP contribution in [0.25, 0.3) is 11.3 Å². The van der Waals surface area contributed by atoms with E-state index in [1.807, 2.05) is 50.2 Å². The van der Waals surface area contributed by atoms with Gasteiger partial charge in [0.25, 0.3) is 0 Å². The van der Waals surface area contributed by atoms with Crippen molar-refractivity contribution in [2.45, 2.75) is 32.9 Å². The molecule has 0 bridgehead atoms. The summed E-state index contributed by atoms with van der Waals surface area (Å²) in [6.45, 7) is 5.50. The Morgan fingerprint density at radius 3 is 2.36 bits per heavy atom.